The van der Waals surface area contributed by atoms with Gasteiger partial charge in [-0.25, -0.2) is 4.99 Å². The van der Waals surface area contributed by atoms with Crippen LogP contribution in [0.25, 0.3) is 0 Å². The number of ether oxygens (including phenoxy) is 1. The van der Waals surface area contributed by atoms with Crippen molar-refractivity contribution >= 4 is 6.02 Å². The Balaban J connectivity index is 2.13. The van der Waals surface area contributed by atoms with Crippen molar-refractivity contribution in [2.75, 3.05) is 13.2 Å². The van der Waals surface area contributed by atoms with E-state index in [1.165, 1.54) is 16.7 Å². The summed E-state index contributed by atoms with van der Waals surface area (Å²) in [7, 11) is 0. The van der Waals surface area contributed by atoms with Crippen LogP contribution in [0.5, 0.6) is 0 Å². The molecule has 0 saturated carbocycles. The van der Waals surface area contributed by atoms with Crippen LogP contribution >= 0.6 is 0 Å². The first-order chi connectivity index (χ1) is 7.66. The molecule has 1 heterocycles. The Morgan fingerprint density at radius 1 is 1.38 bits per heavy atom. The molecule has 1 atom stereocenters. The molecule has 1 aromatic rings. The van der Waals surface area contributed by atoms with Gasteiger partial charge in [0.1, 0.15) is 6.61 Å². The van der Waals surface area contributed by atoms with Gasteiger partial charge in [0.05, 0.1) is 12.6 Å². The van der Waals surface area contributed by atoms with Crippen molar-refractivity contribution in [3.63, 3.8) is 0 Å². The number of amidine groups is 1. The minimum atomic E-state index is 0.233. The zero-order valence-corrected chi connectivity index (χ0v) is 10.1. The predicted molar refractivity (Wildman–Crippen MR) is 65.7 cm³/mol. The molecule has 0 saturated heterocycles. The molecule has 0 amide bonds. The van der Waals surface area contributed by atoms with E-state index in [-0.39, 0.29) is 6.04 Å². The molecule has 0 unspecified atom stereocenters. The molecule has 0 spiro atoms. The van der Waals surface area contributed by atoms with Gasteiger partial charge in [-0.15, -0.1) is 0 Å². The molecular weight excluding hydrogens is 200 g/mol. The van der Waals surface area contributed by atoms with E-state index in [1.54, 1.807) is 0 Å². The number of rotatable bonds is 2. The third kappa shape index (κ3) is 2.35. The van der Waals surface area contributed by atoms with E-state index in [2.05, 4.69) is 49.3 Å². The summed E-state index contributed by atoms with van der Waals surface area (Å²) in [5, 5.41) is 3.29. The Bertz CT molecular complexity index is 412. The maximum absolute atomic E-state index is 5.35. The summed E-state index contributed by atoms with van der Waals surface area (Å²) in [5.41, 5.74) is 3.88. The van der Waals surface area contributed by atoms with Gasteiger partial charge in [-0.05, 0) is 31.9 Å². The second-order valence-electron chi connectivity index (χ2n) is 4.26. The van der Waals surface area contributed by atoms with Crippen LogP contribution in [0.1, 0.15) is 29.7 Å². The lowest BCUT2D eigenvalue weighted by Crippen LogP contribution is -2.27. The summed E-state index contributed by atoms with van der Waals surface area (Å²) < 4.78 is 5.35. The SMILES string of the molecule is Cc1ccc(C)c([C@@H](C)NC2=NCCO2)c1. The fraction of sp³-hybridized carbons (Fsp3) is 0.462. The molecule has 1 aromatic carbocycles. The largest absolute Gasteiger partial charge is 0.463 e. The van der Waals surface area contributed by atoms with Crippen molar-refractivity contribution in [3.05, 3.63) is 34.9 Å². The molecule has 86 valence electrons. The fourth-order valence-corrected chi connectivity index (χ4v) is 1.91. The summed E-state index contributed by atoms with van der Waals surface area (Å²) in [6.07, 6.45) is 0. The molecule has 0 aromatic heterocycles. The monoisotopic (exact) mass is 218 g/mol. The highest BCUT2D eigenvalue weighted by Gasteiger charge is 2.13. The van der Waals surface area contributed by atoms with Crippen molar-refractivity contribution in [2.45, 2.75) is 26.8 Å². The van der Waals surface area contributed by atoms with Crippen LogP contribution in [0, 0.1) is 13.8 Å². The zero-order valence-electron chi connectivity index (χ0n) is 10.1. The van der Waals surface area contributed by atoms with Gasteiger partial charge in [0.2, 0.25) is 0 Å². The van der Waals surface area contributed by atoms with Crippen LogP contribution in [0.2, 0.25) is 0 Å². The second-order valence-corrected chi connectivity index (χ2v) is 4.26. The van der Waals surface area contributed by atoms with Gasteiger partial charge in [0, 0.05) is 0 Å². The van der Waals surface area contributed by atoms with Crippen LogP contribution in [-0.2, 0) is 4.74 Å². The molecule has 0 fully saturated rings. The van der Waals surface area contributed by atoms with Crippen molar-refractivity contribution in [2.24, 2.45) is 4.99 Å². The van der Waals surface area contributed by atoms with Gasteiger partial charge < -0.3 is 10.1 Å². The highest BCUT2D eigenvalue weighted by molar-refractivity contribution is 5.75. The number of aryl methyl sites for hydroxylation is 2. The van der Waals surface area contributed by atoms with Crippen LogP contribution in [0.4, 0.5) is 0 Å². The Hall–Kier alpha value is -1.51. The second kappa shape index (κ2) is 4.56. The average molecular weight is 218 g/mol. The van der Waals surface area contributed by atoms with Gasteiger partial charge in [-0.2, -0.15) is 0 Å². The van der Waals surface area contributed by atoms with Crippen LogP contribution in [-0.4, -0.2) is 19.2 Å². The van der Waals surface area contributed by atoms with E-state index in [4.69, 9.17) is 4.74 Å². The summed E-state index contributed by atoms with van der Waals surface area (Å²) >= 11 is 0. The van der Waals surface area contributed by atoms with E-state index >= 15 is 0 Å². The molecule has 1 aliphatic heterocycles. The number of aliphatic imine (C=N–C) groups is 1. The molecule has 1 aliphatic rings. The van der Waals surface area contributed by atoms with Crippen LogP contribution < -0.4 is 5.32 Å². The summed E-state index contributed by atoms with van der Waals surface area (Å²) in [4.78, 5) is 4.24. The highest BCUT2D eigenvalue weighted by atomic mass is 16.5. The summed E-state index contributed by atoms with van der Waals surface area (Å²) in [5.74, 6) is 0. The summed E-state index contributed by atoms with van der Waals surface area (Å²) in [6, 6.07) is 7.41. The lowest BCUT2D eigenvalue weighted by Gasteiger charge is -2.17. The molecule has 2 rings (SSSR count). The van der Waals surface area contributed by atoms with Crippen molar-refractivity contribution in [3.8, 4) is 0 Å². The third-order valence-electron chi connectivity index (χ3n) is 2.83. The van der Waals surface area contributed by atoms with Crippen molar-refractivity contribution in [1.82, 2.24) is 5.32 Å². The van der Waals surface area contributed by atoms with Crippen LogP contribution in [0.3, 0.4) is 0 Å². The fourth-order valence-electron chi connectivity index (χ4n) is 1.91. The van der Waals surface area contributed by atoms with Gasteiger partial charge in [-0.1, -0.05) is 23.8 Å². The van der Waals surface area contributed by atoms with Gasteiger partial charge in [-0.3, -0.25) is 0 Å². The Morgan fingerprint density at radius 2 is 2.19 bits per heavy atom. The first-order valence-corrected chi connectivity index (χ1v) is 5.68. The van der Waals surface area contributed by atoms with Crippen molar-refractivity contribution in [1.29, 1.82) is 0 Å². The molecular formula is C13H18N2O. The number of hydrogen-bond donors (Lipinski definition) is 1. The molecule has 0 bridgehead atoms. The third-order valence-corrected chi connectivity index (χ3v) is 2.83. The average Bonchev–Trinajstić information content (AvgIpc) is 2.74. The lowest BCUT2D eigenvalue weighted by atomic mass is 10.0. The minimum absolute atomic E-state index is 0.233. The van der Waals surface area contributed by atoms with Crippen molar-refractivity contribution < 1.29 is 4.74 Å². The van der Waals surface area contributed by atoms with E-state index < -0.39 is 0 Å². The smallest absolute Gasteiger partial charge is 0.285 e. The zero-order chi connectivity index (χ0) is 11.5. The van der Waals surface area contributed by atoms with E-state index in [9.17, 15) is 0 Å². The molecule has 0 aliphatic carbocycles. The molecule has 3 nitrogen and oxygen atoms in total. The minimum Gasteiger partial charge on any atom is -0.463 e. The van der Waals surface area contributed by atoms with E-state index in [0.717, 1.165) is 6.54 Å². The predicted octanol–water partition coefficient (Wildman–Crippen LogP) is 2.34. The maximum Gasteiger partial charge on any atom is 0.285 e. The molecule has 1 N–H and O–H groups in total. The standard InChI is InChI=1S/C13H18N2O/c1-9-4-5-10(2)12(8-9)11(3)15-13-14-6-7-16-13/h4-5,8,11H,6-7H2,1-3H3,(H,14,15)/t11-/m1/s1. The Kier molecular flexibility index (Phi) is 3.13. The first-order valence-electron chi connectivity index (χ1n) is 5.68. The van der Waals surface area contributed by atoms with E-state index in [1.807, 2.05) is 0 Å². The number of hydrogen-bond acceptors (Lipinski definition) is 3. The number of nitrogens with one attached hydrogen (secondary N) is 1. The topological polar surface area (TPSA) is 33.6 Å². The quantitative estimate of drug-likeness (QED) is 0.826. The first kappa shape index (κ1) is 11.0. The highest BCUT2D eigenvalue weighted by Crippen LogP contribution is 2.19. The normalized spacial score (nSPS) is 16.6. The van der Waals surface area contributed by atoms with E-state index in [0.29, 0.717) is 12.6 Å². The molecule has 16 heavy (non-hydrogen) atoms. The van der Waals surface area contributed by atoms with Gasteiger partial charge in [0.25, 0.3) is 6.02 Å². The number of nitrogens with zero attached hydrogens (tertiary/aromatic N) is 1. The van der Waals surface area contributed by atoms with Gasteiger partial charge in [0.15, 0.2) is 0 Å². The Morgan fingerprint density at radius 3 is 2.88 bits per heavy atom. The summed E-state index contributed by atoms with van der Waals surface area (Å²) in [6.45, 7) is 7.83. The molecule has 3 heteroatoms. The Labute approximate surface area is 96.5 Å². The lowest BCUT2D eigenvalue weighted by molar-refractivity contribution is 0.326. The maximum atomic E-state index is 5.35. The van der Waals surface area contributed by atoms with Crippen LogP contribution in [0.15, 0.2) is 23.2 Å². The van der Waals surface area contributed by atoms with Gasteiger partial charge >= 0.3 is 0 Å². The number of benzene rings is 1. The molecule has 0 radical (unpaired) electrons.